The number of imidazole rings is 1. The molecule has 3 aliphatic rings. The lowest BCUT2D eigenvalue weighted by Crippen LogP contribution is -2.37. The van der Waals surface area contributed by atoms with Crippen LogP contribution in [-0.4, -0.2) is 106 Å². The second kappa shape index (κ2) is 13.2. The number of pyridine rings is 2. The van der Waals surface area contributed by atoms with E-state index in [1.165, 1.54) is 9.47 Å². The molecular formula is C32H41N9O5. The van der Waals surface area contributed by atoms with Crippen molar-refractivity contribution >= 4 is 39.7 Å². The largest absolute Gasteiger partial charge is 0.474 e. The maximum atomic E-state index is 13.6. The highest BCUT2D eigenvalue weighted by atomic mass is 16.5. The molecule has 3 fully saturated rings. The van der Waals surface area contributed by atoms with E-state index in [-0.39, 0.29) is 36.3 Å². The number of hydrogen-bond donors (Lipinski definition) is 1. The highest BCUT2D eigenvalue weighted by molar-refractivity contribution is 5.86. The van der Waals surface area contributed by atoms with Crippen molar-refractivity contribution in [2.75, 3.05) is 63.8 Å². The summed E-state index contributed by atoms with van der Waals surface area (Å²) >= 11 is 0. The number of carbonyl (C=O) groups excluding carboxylic acids is 1. The lowest BCUT2D eigenvalue weighted by molar-refractivity contribution is -0.129. The molecule has 244 valence electrons. The molecule has 0 aromatic carbocycles. The quantitative estimate of drug-likeness (QED) is 0.307. The molecule has 1 aliphatic carbocycles. The zero-order valence-corrected chi connectivity index (χ0v) is 26.4. The SMILES string of the molecule is CN(C)C(=O)Cn1c(=O)n(C2CCOCC2)c2nc(NC3CCC(Oc4nc(N5CCOCC5)cc5ncccc45)CC3)ncc21. The van der Waals surface area contributed by atoms with E-state index in [1.807, 2.05) is 18.2 Å². The second-order valence-corrected chi connectivity index (χ2v) is 12.5. The number of anilines is 2. The average Bonchev–Trinajstić information content (AvgIpc) is 3.36. The highest BCUT2D eigenvalue weighted by Crippen LogP contribution is 2.32. The zero-order valence-electron chi connectivity index (χ0n) is 26.4. The first kappa shape index (κ1) is 30.4. The van der Waals surface area contributed by atoms with Gasteiger partial charge in [0, 0.05) is 64.7 Å². The Kier molecular flexibility index (Phi) is 8.71. The number of hydrogen-bond acceptors (Lipinski definition) is 11. The monoisotopic (exact) mass is 631 g/mol. The molecule has 2 aliphatic heterocycles. The van der Waals surface area contributed by atoms with Crippen LogP contribution in [0.2, 0.25) is 0 Å². The van der Waals surface area contributed by atoms with Gasteiger partial charge in [-0.1, -0.05) is 0 Å². The average molecular weight is 632 g/mol. The van der Waals surface area contributed by atoms with Crippen LogP contribution in [0.3, 0.4) is 0 Å². The summed E-state index contributed by atoms with van der Waals surface area (Å²) in [6.07, 6.45) is 8.35. The fraction of sp³-hybridized carbons (Fsp3) is 0.562. The summed E-state index contributed by atoms with van der Waals surface area (Å²) in [6.45, 7) is 4.05. The number of aromatic nitrogens is 6. The summed E-state index contributed by atoms with van der Waals surface area (Å²) in [5.74, 6) is 1.81. The van der Waals surface area contributed by atoms with Crippen molar-refractivity contribution in [3.63, 3.8) is 0 Å². The minimum absolute atomic E-state index is 0.0271. The third kappa shape index (κ3) is 6.23. The van der Waals surface area contributed by atoms with E-state index in [0.29, 0.717) is 62.3 Å². The third-order valence-corrected chi connectivity index (χ3v) is 9.23. The molecular weight excluding hydrogens is 590 g/mol. The molecule has 1 saturated carbocycles. The Labute approximate surface area is 266 Å². The van der Waals surface area contributed by atoms with Gasteiger partial charge in [-0.3, -0.25) is 18.9 Å². The number of nitrogens with zero attached hydrogens (tertiary/aromatic N) is 8. The van der Waals surface area contributed by atoms with Gasteiger partial charge in [0.25, 0.3) is 0 Å². The van der Waals surface area contributed by atoms with Gasteiger partial charge >= 0.3 is 5.69 Å². The van der Waals surface area contributed by atoms with Crippen molar-refractivity contribution in [2.45, 2.75) is 63.3 Å². The lowest BCUT2D eigenvalue weighted by Gasteiger charge is -2.31. The molecule has 46 heavy (non-hydrogen) atoms. The Morgan fingerprint density at radius 2 is 1.78 bits per heavy atom. The molecule has 1 amide bonds. The van der Waals surface area contributed by atoms with Gasteiger partial charge in [-0.2, -0.15) is 9.97 Å². The Morgan fingerprint density at radius 3 is 2.54 bits per heavy atom. The molecule has 4 aromatic heterocycles. The van der Waals surface area contributed by atoms with Crippen molar-refractivity contribution in [2.24, 2.45) is 0 Å². The van der Waals surface area contributed by atoms with E-state index >= 15 is 0 Å². The summed E-state index contributed by atoms with van der Waals surface area (Å²) in [5, 5.41) is 4.42. The van der Waals surface area contributed by atoms with Crippen LogP contribution in [0.5, 0.6) is 5.88 Å². The van der Waals surface area contributed by atoms with Gasteiger partial charge in [-0.05, 0) is 50.7 Å². The number of morpholine rings is 1. The predicted octanol–water partition coefficient (Wildman–Crippen LogP) is 2.61. The molecule has 0 bridgehead atoms. The van der Waals surface area contributed by atoms with E-state index in [1.54, 1.807) is 31.1 Å². The van der Waals surface area contributed by atoms with Crippen LogP contribution in [0.15, 0.2) is 35.4 Å². The first-order valence-corrected chi connectivity index (χ1v) is 16.2. The summed E-state index contributed by atoms with van der Waals surface area (Å²) in [7, 11) is 3.36. The number of rotatable bonds is 8. The van der Waals surface area contributed by atoms with Gasteiger partial charge in [-0.25, -0.2) is 9.78 Å². The molecule has 0 spiro atoms. The van der Waals surface area contributed by atoms with Crippen LogP contribution in [-0.2, 0) is 20.8 Å². The molecule has 1 N–H and O–H groups in total. The first-order valence-electron chi connectivity index (χ1n) is 16.2. The van der Waals surface area contributed by atoms with E-state index in [2.05, 4.69) is 20.2 Å². The van der Waals surface area contributed by atoms with Gasteiger partial charge in [0.2, 0.25) is 17.7 Å². The molecule has 14 nitrogen and oxygen atoms in total. The molecule has 7 rings (SSSR count). The van der Waals surface area contributed by atoms with E-state index < -0.39 is 0 Å². The normalized spacial score (nSPS) is 21.0. The molecule has 0 radical (unpaired) electrons. The Hall–Kier alpha value is -4.30. The van der Waals surface area contributed by atoms with Crippen molar-refractivity contribution in [1.29, 1.82) is 0 Å². The van der Waals surface area contributed by atoms with Gasteiger partial charge in [0.05, 0.1) is 30.3 Å². The number of fused-ring (bicyclic) bond motifs is 2. The molecule has 4 aromatic rings. The smallest absolute Gasteiger partial charge is 0.331 e. The van der Waals surface area contributed by atoms with E-state index in [9.17, 15) is 9.59 Å². The van der Waals surface area contributed by atoms with Crippen molar-refractivity contribution in [3.05, 3.63) is 41.1 Å². The second-order valence-electron chi connectivity index (χ2n) is 12.5. The van der Waals surface area contributed by atoms with Crippen LogP contribution in [0.25, 0.3) is 22.1 Å². The van der Waals surface area contributed by atoms with Crippen LogP contribution in [0.1, 0.15) is 44.6 Å². The zero-order chi connectivity index (χ0) is 31.6. The number of amides is 1. The fourth-order valence-corrected chi connectivity index (χ4v) is 6.57. The van der Waals surface area contributed by atoms with Gasteiger partial charge < -0.3 is 29.3 Å². The minimum atomic E-state index is -0.241. The van der Waals surface area contributed by atoms with Gasteiger partial charge in [0.1, 0.15) is 24.0 Å². The van der Waals surface area contributed by atoms with Crippen LogP contribution in [0, 0.1) is 0 Å². The molecule has 6 heterocycles. The summed E-state index contributed by atoms with van der Waals surface area (Å²) in [6, 6.07) is 6.07. The highest BCUT2D eigenvalue weighted by Gasteiger charge is 2.28. The Balaban J connectivity index is 1.06. The first-order chi connectivity index (χ1) is 22.4. The van der Waals surface area contributed by atoms with Crippen LogP contribution in [0.4, 0.5) is 11.8 Å². The predicted molar refractivity (Wildman–Crippen MR) is 172 cm³/mol. The standard InChI is InChI=1S/C32H41N9O5/c1-38(2)28(42)20-40-26-19-34-31(37-29(26)41(32(40)43)22-9-14-44-15-10-22)35-21-5-7-23(8-6-21)46-30-24-4-3-11-33-25(24)18-27(36-30)39-12-16-45-17-13-39/h3-4,11,18-19,21-23H,5-10,12-17,20H2,1-2H3,(H,34,35,37). The number of likely N-dealkylation sites (N-methyl/N-ethyl adjacent to an activating group) is 1. The maximum absolute atomic E-state index is 13.6. The fourth-order valence-electron chi connectivity index (χ4n) is 6.57. The van der Waals surface area contributed by atoms with Gasteiger partial charge in [0.15, 0.2) is 5.65 Å². The van der Waals surface area contributed by atoms with Crippen molar-refractivity contribution < 1.29 is 19.0 Å². The number of nitrogens with one attached hydrogen (secondary N) is 1. The summed E-state index contributed by atoms with van der Waals surface area (Å²) < 4.78 is 20.9. The maximum Gasteiger partial charge on any atom is 0.331 e. The minimum Gasteiger partial charge on any atom is -0.474 e. The number of ether oxygens (including phenoxy) is 3. The number of carbonyl (C=O) groups is 1. The van der Waals surface area contributed by atoms with Crippen molar-refractivity contribution in [3.8, 4) is 5.88 Å². The van der Waals surface area contributed by atoms with E-state index in [4.69, 9.17) is 24.2 Å². The van der Waals surface area contributed by atoms with Gasteiger partial charge in [-0.15, -0.1) is 0 Å². The Bertz CT molecular complexity index is 1750. The summed E-state index contributed by atoms with van der Waals surface area (Å²) in [5.41, 5.74) is 1.74. The third-order valence-electron chi connectivity index (χ3n) is 9.23. The van der Waals surface area contributed by atoms with Crippen LogP contribution >= 0.6 is 0 Å². The topological polar surface area (TPSA) is 142 Å². The van der Waals surface area contributed by atoms with Crippen LogP contribution < -0.4 is 20.6 Å². The Morgan fingerprint density at radius 1 is 1.02 bits per heavy atom. The summed E-state index contributed by atoms with van der Waals surface area (Å²) in [4.78, 5) is 48.8. The molecule has 0 atom stereocenters. The van der Waals surface area contributed by atoms with E-state index in [0.717, 1.165) is 55.5 Å². The van der Waals surface area contributed by atoms with Crippen molar-refractivity contribution in [1.82, 2.24) is 34.0 Å². The lowest BCUT2D eigenvalue weighted by atomic mass is 9.93. The molecule has 14 heteroatoms. The molecule has 2 saturated heterocycles. The molecule has 0 unspecified atom stereocenters.